The van der Waals surface area contributed by atoms with Gasteiger partial charge in [0.15, 0.2) is 0 Å². The van der Waals surface area contributed by atoms with Gasteiger partial charge >= 0.3 is 5.97 Å². The molecule has 0 bridgehead atoms. The number of nitro groups is 1. The predicted octanol–water partition coefficient (Wildman–Crippen LogP) is 3.79. The van der Waals surface area contributed by atoms with Crippen LogP contribution in [-0.2, 0) is 4.74 Å². The van der Waals surface area contributed by atoms with E-state index in [4.69, 9.17) is 21.1 Å². The van der Waals surface area contributed by atoms with Crippen LogP contribution in [0.5, 0.6) is 5.75 Å². The number of hydrogen-bond donors (Lipinski definition) is 0. The maximum absolute atomic E-state index is 11.9. The van der Waals surface area contributed by atoms with Crippen LogP contribution < -0.4 is 4.74 Å². The third-order valence-corrected chi connectivity index (χ3v) is 3.28. The van der Waals surface area contributed by atoms with E-state index in [0.717, 1.165) is 11.6 Å². The Hall–Kier alpha value is -2.60. The number of para-hydroxylation sites is 1. The third-order valence-electron chi connectivity index (χ3n) is 3.04. The minimum atomic E-state index is -0.790. The standard InChI is InChI=1S/C16H14ClNO5/c1-11-4-2-3-5-15(11)22-8-9-23-16(19)13-7-6-12(17)10-14(13)18(20)21/h2-7,10H,8-9H2,1H3. The minimum Gasteiger partial charge on any atom is -0.490 e. The second-order valence-corrected chi connectivity index (χ2v) is 5.10. The van der Waals surface area contributed by atoms with Gasteiger partial charge in [0.2, 0.25) is 0 Å². The molecule has 2 aromatic rings. The Morgan fingerprint density at radius 3 is 2.65 bits per heavy atom. The zero-order valence-corrected chi connectivity index (χ0v) is 13.1. The number of halogens is 1. The van der Waals surface area contributed by atoms with Crippen LogP contribution in [0.15, 0.2) is 42.5 Å². The molecule has 0 saturated carbocycles. The Kier molecular flexibility index (Phi) is 5.54. The van der Waals surface area contributed by atoms with Crippen LogP contribution in [0.3, 0.4) is 0 Å². The summed E-state index contributed by atoms with van der Waals surface area (Å²) in [5.41, 5.74) is 0.435. The fourth-order valence-corrected chi connectivity index (χ4v) is 2.08. The van der Waals surface area contributed by atoms with Crippen molar-refractivity contribution in [2.75, 3.05) is 13.2 Å². The first kappa shape index (κ1) is 16.8. The fraction of sp³-hybridized carbons (Fsp3) is 0.188. The Morgan fingerprint density at radius 2 is 1.96 bits per heavy atom. The number of hydrogen-bond acceptors (Lipinski definition) is 5. The van der Waals surface area contributed by atoms with Crippen molar-refractivity contribution in [3.8, 4) is 5.75 Å². The van der Waals surface area contributed by atoms with Gasteiger partial charge in [-0.05, 0) is 30.7 Å². The van der Waals surface area contributed by atoms with E-state index in [1.54, 1.807) is 6.07 Å². The van der Waals surface area contributed by atoms with Gasteiger partial charge in [0.05, 0.1) is 4.92 Å². The Morgan fingerprint density at radius 1 is 1.22 bits per heavy atom. The second-order valence-electron chi connectivity index (χ2n) is 4.67. The molecule has 0 spiro atoms. The van der Waals surface area contributed by atoms with E-state index in [1.807, 2.05) is 25.1 Å². The molecule has 0 aromatic heterocycles. The van der Waals surface area contributed by atoms with Crippen molar-refractivity contribution in [1.29, 1.82) is 0 Å². The summed E-state index contributed by atoms with van der Waals surface area (Å²) in [4.78, 5) is 22.2. The van der Waals surface area contributed by atoms with E-state index in [1.165, 1.54) is 12.1 Å². The molecule has 0 N–H and O–H groups in total. The predicted molar refractivity (Wildman–Crippen MR) is 85.1 cm³/mol. The smallest absolute Gasteiger partial charge is 0.345 e. The summed E-state index contributed by atoms with van der Waals surface area (Å²) in [6, 6.07) is 11.2. The second kappa shape index (κ2) is 7.60. The van der Waals surface area contributed by atoms with Gasteiger partial charge in [-0.1, -0.05) is 29.8 Å². The lowest BCUT2D eigenvalue weighted by Gasteiger charge is -2.09. The molecule has 0 saturated heterocycles. The average Bonchev–Trinajstić information content (AvgIpc) is 2.52. The van der Waals surface area contributed by atoms with Gasteiger partial charge in [-0.15, -0.1) is 0 Å². The maximum Gasteiger partial charge on any atom is 0.345 e. The topological polar surface area (TPSA) is 78.7 Å². The summed E-state index contributed by atoms with van der Waals surface area (Å²) in [5.74, 6) is -0.0947. The molecule has 23 heavy (non-hydrogen) atoms. The average molecular weight is 336 g/mol. The number of aryl methyl sites for hydroxylation is 1. The van der Waals surface area contributed by atoms with Crippen molar-refractivity contribution >= 4 is 23.3 Å². The maximum atomic E-state index is 11.9. The number of nitro benzene ring substituents is 1. The summed E-state index contributed by atoms with van der Waals surface area (Å²) >= 11 is 5.70. The lowest BCUT2D eigenvalue weighted by molar-refractivity contribution is -0.385. The summed E-state index contributed by atoms with van der Waals surface area (Å²) in [7, 11) is 0. The Labute approximate surface area is 137 Å². The van der Waals surface area contributed by atoms with Crippen molar-refractivity contribution < 1.29 is 19.2 Å². The molecule has 0 fully saturated rings. The molecule has 0 radical (unpaired) electrons. The van der Waals surface area contributed by atoms with E-state index < -0.39 is 10.9 Å². The first-order chi connectivity index (χ1) is 11.0. The zero-order valence-electron chi connectivity index (χ0n) is 12.3. The summed E-state index contributed by atoms with van der Waals surface area (Å²) < 4.78 is 10.5. The van der Waals surface area contributed by atoms with E-state index in [-0.39, 0.29) is 29.5 Å². The Bertz CT molecular complexity index is 732. The van der Waals surface area contributed by atoms with Gasteiger partial charge in [-0.3, -0.25) is 10.1 Å². The molecule has 2 aromatic carbocycles. The van der Waals surface area contributed by atoms with Crippen LogP contribution >= 0.6 is 11.6 Å². The summed E-state index contributed by atoms with van der Waals surface area (Å²) in [6.45, 7) is 2.03. The number of ether oxygens (including phenoxy) is 2. The normalized spacial score (nSPS) is 10.2. The molecule has 0 aliphatic rings. The summed E-state index contributed by atoms with van der Waals surface area (Å²) in [5, 5.41) is 11.1. The van der Waals surface area contributed by atoms with Gasteiger partial charge in [0.25, 0.3) is 5.69 Å². The number of esters is 1. The first-order valence-corrected chi connectivity index (χ1v) is 7.16. The Balaban J connectivity index is 1.93. The van der Waals surface area contributed by atoms with Gasteiger partial charge in [0, 0.05) is 11.1 Å². The van der Waals surface area contributed by atoms with Gasteiger partial charge in [-0.2, -0.15) is 0 Å². The fourth-order valence-electron chi connectivity index (χ4n) is 1.91. The van der Waals surface area contributed by atoms with Crippen LogP contribution in [0.25, 0.3) is 0 Å². The molecule has 6 nitrogen and oxygen atoms in total. The largest absolute Gasteiger partial charge is 0.490 e. The van der Waals surface area contributed by atoms with Crippen molar-refractivity contribution in [2.24, 2.45) is 0 Å². The van der Waals surface area contributed by atoms with Crippen molar-refractivity contribution in [3.63, 3.8) is 0 Å². The van der Waals surface area contributed by atoms with Gasteiger partial charge in [-0.25, -0.2) is 4.79 Å². The highest BCUT2D eigenvalue weighted by Gasteiger charge is 2.21. The van der Waals surface area contributed by atoms with E-state index in [2.05, 4.69) is 0 Å². The molecule has 0 aliphatic heterocycles. The zero-order chi connectivity index (χ0) is 16.8. The molecule has 7 heteroatoms. The van der Waals surface area contributed by atoms with E-state index >= 15 is 0 Å². The van der Waals surface area contributed by atoms with Gasteiger partial charge in [0.1, 0.15) is 24.5 Å². The van der Waals surface area contributed by atoms with Crippen LogP contribution in [0.1, 0.15) is 15.9 Å². The summed E-state index contributed by atoms with van der Waals surface area (Å²) in [6.07, 6.45) is 0. The van der Waals surface area contributed by atoms with E-state index in [9.17, 15) is 14.9 Å². The molecule has 2 rings (SSSR count). The number of carbonyl (C=O) groups excluding carboxylic acids is 1. The highest BCUT2D eigenvalue weighted by molar-refractivity contribution is 6.31. The van der Waals surface area contributed by atoms with Crippen LogP contribution in [0.2, 0.25) is 5.02 Å². The van der Waals surface area contributed by atoms with E-state index in [0.29, 0.717) is 5.75 Å². The molecule has 0 heterocycles. The van der Waals surface area contributed by atoms with Crippen LogP contribution in [-0.4, -0.2) is 24.1 Å². The number of carbonyl (C=O) groups is 1. The number of rotatable bonds is 6. The molecule has 0 atom stereocenters. The molecule has 0 aliphatic carbocycles. The first-order valence-electron chi connectivity index (χ1n) is 6.78. The SMILES string of the molecule is Cc1ccccc1OCCOC(=O)c1ccc(Cl)cc1[N+](=O)[O-]. The molecular formula is C16H14ClNO5. The molecule has 120 valence electrons. The van der Waals surface area contributed by atoms with Crippen LogP contribution in [0, 0.1) is 17.0 Å². The molecule has 0 unspecified atom stereocenters. The minimum absolute atomic E-state index is 0.0209. The lowest BCUT2D eigenvalue weighted by Crippen LogP contribution is -2.14. The van der Waals surface area contributed by atoms with Crippen molar-refractivity contribution in [1.82, 2.24) is 0 Å². The lowest BCUT2D eigenvalue weighted by atomic mass is 10.2. The van der Waals surface area contributed by atoms with Crippen molar-refractivity contribution in [3.05, 3.63) is 68.7 Å². The van der Waals surface area contributed by atoms with Crippen molar-refractivity contribution in [2.45, 2.75) is 6.92 Å². The number of benzene rings is 2. The molecule has 0 amide bonds. The quantitative estimate of drug-likeness (QED) is 0.347. The monoisotopic (exact) mass is 335 g/mol. The molecular weight excluding hydrogens is 322 g/mol. The third kappa shape index (κ3) is 4.43. The highest BCUT2D eigenvalue weighted by Crippen LogP contribution is 2.24. The van der Waals surface area contributed by atoms with Crippen LogP contribution in [0.4, 0.5) is 5.69 Å². The highest BCUT2D eigenvalue weighted by atomic mass is 35.5. The van der Waals surface area contributed by atoms with Gasteiger partial charge < -0.3 is 9.47 Å². The number of nitrogens with zero attached hydrogens (tertiary/aromatic N) is 1.